The van der Waals surface area contributed by atoms with Crippen LogP contribution >= 0.6 is 35.0 Å². The maximum absolute atomic E-state index is 12.2. The molecule has 0 bridgehead atoms. The Bertz CT molecular complexity index is 912. The zero-order valence-corrected chi connectivity index (χ0v) is 18.5. The van der Waals surface area contributed by atoms with Gasteiger partial charge in [0.2, 0.25) is 5.91 Å². The smallest absolute Gasteiger partial charge is 0.335 e. The molecule has 30 heavy (non-hydrogen) atoms. The van der Waals surface area contributed by atoms with Crippen LogP contribution in [0.2, 0.25) is 10.0 Å². The number of halogens is 2. The second kappa shape index (κ2) is 11.0. The summed E-state index contributed by atoms with van der Waals surface area (Å²) in [7, 11) is 0. The van der Waals surface area contributed by atoms with E-state index in [1.807, 2.05) is 12.1 Å². The van der Waals surface area contributed by atoms with E-state index in [1.165, 1.54) is 17.8 Å². The zero-order chi connectivity index (χ0) is 21.5. The molecule has 0 radical (unpaired) electrons. The lowest BCUT2D eigenvalue weighted by molar-refractivity contribution is -0.119. The first-order valence-electron chi connectivity index (χ1n) is 9.41. The lowest BCUT2D eigenvalue weighted by Crippen LogP contribution is -2.47. The van der Waals surface area contributed by atoms with Crippen molar-refractivity contribution < 1.29 is 19.4 Å². The van der Waals surface area contributed by atoms with Crippen LogP contribution < -0.4 is 5.32 Å². The molecule has 2 aromatic carbocycles. The van der Waals surface area contributed by atoms with Gasteiger partial charge in [0.1, 0.15) is 0 Å². The van der Waals surface area contributed by atoms with Gasteiger partial charge >= 0.3 is 5.97 Å². The van der Waals surface area contributed by atoms with Crippen molar-refractivity contribution in [3.63, 3.8) is 0 Å². The number of aromatic carboxylic acids is 1. The maximum atomic E-state index is 12.2. The normalized spacial score (nSPS) is 16.9. The number of rotatable bonds is 8. The third-order valence-electron chi connectivity index (χ3n) is 4.59. The number of carbonyl (C=O) groups excluding carboxylic acids is 1. The van der Waals surface area contributed by atoms with E-state index in [4.69, 9.17) is 33.0 Å². The number of hydrogen-bond acceptors (Lipinski definition) is 5. The average molecular weight is 469 g/mol. The zero-order valence-electron chi connectivity index (χ0n) is 16.1. The fourth-order valence-electron chi connectivity index (χ4n) is 3.09. The minimum Gasteiger partial charge on any atom is -0.478 e. The Hall–Kier alpha value is -1.77. The number of nitrogens with zero attached hydrogens (tertiary/aromatic N) is 1. The Labute approximate surface area is 189 Å². The van der Waals surface area contributed by atoms with Crippen LogP contribution in [0.4, 0.5) is 0 Å². The quantitative estimate of drug-likeness (QED) is 0.573. The largest absolute Gasteiger partial charge is 0.478 e. The van der Waals surface area contributed by atoms with Crippen molar-refractivity contribution >= 4 is 46.8 Å². The summed E-state index contributed by atoms with van der Waals surface area (Å²) < 4.78 is 5.77. The molecule has 1 heterocycles. The number of ether oxygens (including phenoxy) is 1. The molecule has 0 aromatic heterocycles. The molecule has 1 unspecified atom stereocenters. The van der Waals surface area contributed by atoms with E-state index in [1.54, 1.807) is 24.3 Å². The molecule has 1 aliphatic heterocycles. The molecular weight excluding hydrogens is 447 g/mol. The molecular formula is C21H22Cl2N2O4S. The van der Waals surface area contributed by atoms with Crippen LogP contribution in [0.3, 0.4) is 0 Å². The van der Waals surface area contributed by atoms with E-state index < -0.39 is 5.97 Å². The number of carboxylic acids is 1. The highest BCUT2D eigenvalue weighted by molar-refractivity contribution is 8.00. The van der Waals surface area contributed by atoms with E-state index in [9.17, 15) is 9.59 Å². The Kier molecular flexibility index (Phi) is 8.41. The molecule has 160 valence electrons. The molecule has 0 saturated carbocycles. The first-order chi connectivity index (χ1) is 14.4. The lowest BCUT2D eigenvalue weighted by atomic mass is 10.2. The molecule has 0 spiro atoms. The number of benzene rings is 2. The van der Waals surface area contributed by atoms with Gasteiger partial charge in [-0.15, -0.1) is 11.8 Å². The summed E-state index contributed by atoms with van der Waals surface area (Å²) in [5.41, 5.74) is 1.28. The number of thioether (sulfide) groups is 1. The van der Waals surface area contributed by atoms with Crippen molar-refractivity contribution in [2.75, 3.05) is 32.0 Å². The second-order valence-electron chi connectivity index (χ2n) is 6.90. The van der Waals surface area contributed by atoms with Gasteiger partial charge < -0.3 is 15.2 Å². The third-order valence-corrected chi connectivity index (χ3v) is 6.32. The van der Waals surface area contributed by atoms with Gasteiger partial charge in [-0.3, -0.25) is 9.69 Å². The van der Waals surface area contributed by atoms with E-state index in [0.29, 0.717) is 29.7 Å². The van der Waals surface area contributed by atoms with Crippen LogP contribution in [-0.4, -0.2) is 60.0 Å². The van der Waals surface area contributed by atoms with Crippen LogP contribution in [0, 0.1) is 0 Å². The first-order valence-corrected chi connectivity index (χ1v) is 11.2. The van der Waals surface area contributed by atoms with Crippen molar-refractivity contribution in [1.82, 2.24) is 10.2 Å². The number of amides is 1. The number of nitrogens with one attached hydrogen (secondary N) is 1. The predicted octanol–water partition coefficient (Wildman–Crippen LogP) is 3.80. The summed E-state index contributed by atoms with van der Waals surface area (Å²) in [6.45, 7) is 3.26. The SMILES string of the molecule is O=C(CSc1cccc(C(=O)O)c1)NCC1CN(Cc2ccc(Cl)c(Cl)c2)CCO1. The molecule has 1 aliphatic rings. The Morgan fingerprint density at radius 1 is 1.20 bits per heavy atom. The molecule has 6 nitrogen and oxygen atoms in total. The number of carboxylic acid groups (broad SMARTS) is 1. The van der Waals surface area contributed by atoms with Crippen molar-refractivity contribution in [2.45, 2.75) is 17.5 Å². The van der Waals surface area contributed by atoms with Gasteiger partial charge in [0, 0.05) is 31.1 Å². The Morgan fingerprint density at radius 2 is 2.03 bits per heavy atom. The Balaban J connectivity index is 1.42. The molecule has 2 N–H and O–H groups in total. The topological polar surface area (TPSA) is 78.9 Å². The molecule has 1 saturated heterocycles. The number of morpholine rings is 1. The molecule has 2 aromatic rings. The van der Waals surface area contributed by atoms with Crippen LogP contribution in [0.15, 0.2) is 47.4 Å². The first kappa shape index (κ1) is 22.9. The van der Waals surface area contributed by atoms with Crippen LogP contribution in [-0.2, 0) is 16.1 Å². The molecule has 1 atom stereocenters. The fourth-order valence-corrected chi connectivity index (χ4v) is 4.20. The monoisotopic (exact) mass is 468 g/mol. The summed E-state index contributed by atoms with van der Waals surface area (Å²) in [6.07, 6.45) is -0.0918. The number of carbonyl (C=O) groups is 2. The molecule has 9 heteroatoms. The van der Waals surface area contributed by atoms with Crippen LogP contribution in [0.1, 0.15) is 15.9 Å². The Morgan fingerprint density at radius 3 is 2.80 bits per heavy atom. The molecule has 3 rings (SSSR count). The lowest BCUT2D eigenvalue weighted by Gasteiger charge is -2.33. The van der Waals surface area contributed by atoms with Crippen molar-refractivity contribution in [3.05, 3.63) is 63.6 Å². The molecule has 0 aliphatic carbocycles. The van der Waals surface area contributed by atoms with E-state index in [-0.39, 0.29) is 23.3 Å². The summed E-state index contributed by atoms with van der Waals surface area (Å²) in [6, 6.07) is 12.2. The van der Waals surface area contributed by atoms with E-state index >= 15 is 0 Å². The summed E-state index contributed by atoms with van der Waals surface area (Å²) >= 11 is 13.4. The van der Waals surface area contributed by atoms with E-state index in [0.717, 1.165) is 23.5 Å². The second-order valence-corrected chi connectivity index (χ2v) is 8.77. The minimum absolute atomic E-state index is 0.0918. The van der Waals surface area contributed by atoms with Crippen molar-refractivity contribution in [1.29, 1.82) is 0 Å². The number of hydrogen-bond donors (Lipinski definition) is 2. The molecule has 1 amide bonds. The highest BCUT2D eigenvalue weighted by atomic mass is 35.5. The highest BCUT2D eigenvalue weighted by Crippen LogP contribution is 2.23. The minimum atomic E-state index is -0.984. The van der Waals surface area contributed by atoms with Gasteiger partial charge in [0.25, 0.3) is 0 Å². The highest BCUT2D eigenvalue weighted by Gasteiger charge is 2.21. The van der Waals surface area contributed by atoms with Gasteiger partial charge in [-0.1, -0.05) is 35.3 Å². The average Bonchev–Trinajstić information content (AvgIpc) is 2.74. The van der Waals surface area contributed by atoms with Crippen LogP contribution in [0.5, 0.6) is 0 Å². The summed E-state index contributed by atoms with van der Waals surface area (Å²) in [5, 5.41) is 13.0. The van der Waals surface area contributed by atoms with E-state index in [2.05, 4.69) is 10.2 Å². The van der Waals surface area contributed by atoms with Crippen molar-refractivity contribution in [2.24, 2.45) is 0 Å². The molecule has 1 fully saturated rings. The van der Waals surface area contributed by atoms with Gasteiger partial charge in [-0.2, -0.15) is 0 Å². The fraction of sp³-hybridized carbons (Fsp3) is 0.333. The van der Waals surface area contributed by atoms with Crippen LogP contribution in [0.25, 0.3) is 0 Å². The van der Waals surface area contributed by atoms with Gasteiger partial charge in [0.15, 0.2) is 0 Å². The maximum Gasteiger partial charge on any atom is 0.335 e. The van der Waals surface area contributed by atoms with Crippen molar-refractivity contribution in [3.8, 4) is 0 Å². The standard InChI is InChI=1S/C21H22Cl2N2O4S/c22-18-5-4-14(8-19(18)23)11-25-6-7-29-16(12-25)10-24-20(26)13-30-17-3-1-2-15(9-17)21(27)28/h1-5,8-9,16H,6-7,10-13H2,(H,24,26)(H,27,28). The predicted molar refractivity (Wildman–Crippen MR) is 119 cm³/mol. The summed E-state index contributed by atoms with van der Waals surface area (Å²) in [4.78, 5) is 26.2. The third kappa shape index (κ3) is 6.89. The van der Waals surface area contributed by atoms with Gasteiger partial charge in [-0.05, 0) is 35.9 Å². The van der Waals surface area contributed by atoms with Gasteiger partial charge in [-0.25, -0.2) is 4.79 Å². The summed E-state index contributed by atoms with van der Waals surface area (Å²) in [5.74, 6) is -0.893. The van der Waals surface area contributed by atoms with Gasteiger partial charge in [0.05, 0.1) is 34.1 Å².